The Labute approximate surface area is 344 Å². The monoisotopic (exact) mass is 758 g/mol. The van der Waals surface area contributed by atoms with E-state index >= 15 is 0 Å². The fourth-order valence-electron chi connectivity index (χ4n) is 9.35. The highest BCUT2D eigenvalue weighted by Crippen LogP contribution is 2.56. The first-order valence-electron chi connectivity index (χ1n) is 20.4. The number of benzene rings is 8. The van der Waals surface area contributed by atoms with Gasteiger partial charge in [0.15, 0.2) is 17.5 Å². The lowest BCUT2D eigenvalue weighted by Crippen LogP contribution is -2.43. The van der Waals surface area contributed by atoms with Crippen LogP contribution in [0.15, 0.2) is 182 Å². The average Bonchev–Trinajstić information content (AvgIpc) is 3.61. The quantitative estimate of drug-likeness (QED) is 0.176. The predicted molar refractivity (Wildman–Crippen MR) is 245 cm³/mol. The summed E-state index contributed by atoms with van der Waals surface area (Å²) < 4.78 is 2.43. The van der Waals surface area contributed by atoms with Crippen LogP contribution < -0.4 is 0 Å². The second kappa shape index (κ2) is 13.2. The summed E-state index contributed by atoms with van der Waals surface area (Å²) in [6.45, 7) is 9.67. The van der Waals surface area contributed by atoms with E-state index in [9.17, 15) is 0 Å². The van der Waals surface area contributed by atoms with E-state index in [0.717, 1.165) is 33.5 Å². The van der Waals surface area contributed by atoms with Gasteiger partial charge in [0.05, 0.1) is 11.0 Å². The third-order valence-corrected chi connectivity index (χ3v) is 13.2. The highest BCUT2D eigenvalue weighted by Gasteiger charge is 2.46. The van der Waals surface area contributed by atoms with Crippen molar-refractivity contribution in [3.63, 3.8) is 0 Å². The Kier molecular flexibility index (Phi) is 7.83. The minimum Gasteiger partial charge on any atom is -0.309 e. The standard InChI is InChI=1S/C55H42N4/c1-54(2)46-31-28-36-18-11-12-23-42(36)50(46)45-34-49-44(33-47(45)55(54,3)4)43-24-13-14-25-48(43)59(49)41-29-26-38(27-30-41)52-56-51(37-19-9-6-10-20-37)57-53(58-52)40-22-15-21-39(32-40)35-16-7-5-8-17-35/h5-34H,1-4H3. The molecular weight excluding hydrogens is 717 g/mol. The molecule has 11 rings (SSSR count). The van der Waals surface area contributed by atoms with Crippen LogP contribution in [0.1, 0.15) is 38.8 Å². The van der Waals surface area contributed by atoms with Gasteiger partial charge >= 0.3 is 0 Å². The van der Waals surface area contributed by atoms with E-state index in [2.05, 4.69) is 190 Å². The van der Waals surface area contributed by atoms with Crippen LogP contribution >= 0.6 is 0 Å². The van der Waals surface area contributed by atoms with E-state index in [1.807, 2.05) is 24.3 Å². The largest absolute Gasteiger partial charge is 0.309 e. The molecule has 0 bridgehead atoms. The highest BCUT2D eigenvalue weighted by molar-refractivity contribution is 6.12. The van der Waals surface area contributed by atoms with Crippen molar-refractivity contribution < 1.29 is 0 Å². The van der Waals surface area contributed by atoms with Crippen molar-refractivity contribution in [3.05, 3.63) is 193 Å². The molecule has 2 heterocycles. The van der Waals surface area contributed by atoms with Crippen LogP contribution in [0.4, 0.5) is 0 Å². The van der Waals surface area contributed by atoms with Crippen molar-refractivity contribution in [3.8, 4) is 62.1 Å². The molecule has 282 valence electrons. The Hall–Kier alpha value is -7.17. The van der Waals surface area contributed by atoms with E-state index in [1.165, 1.54) is 54.8 Å². The topological polar surface area (TPSA) is 43.6 Å². The molecule has 0 unspecified atom stereocenters. The SMILES string of the molecule is CC1(C)c2cc3c4ccccc4n(-c4ccc(-c5nc(-c6ccccc6)nc(-c6cccc(-c7ccccc7)c6)n5)cc4)c3cc2-c2c(ccc3ccccc23)C1(C)C. The van der Waals surface area contributed by atoms with Gasteiger partial charge in [-0.3, -0.25) is 0 Å². The first kappa shape index (κ1) is 35.0. The van der Waals surface area contributed by atoms with Gasteiger partial charge in [0, 0.05) is 33.2 Å². The van der Waals surface area contributed by atoms with Gasteiger partial charge in [0.25, 0.3) is 0 Å². The fraction of sp³-hybridized carbons (Fsp3) is 0.109. The third kappa shape index (κ3) is 5.47. The maximum atomic E-state index is 5.12. The molecule has 0 N–H and O–H groups in total. The molecule has 1 aliphatic carbocycles. The van der Waals surface area contributed by atoms with Gasteiger partial charge in [0.2, 0.25) is 0 Å². The molecule has 0 spiro atoms. The maximum absolute atomic E-state index is 5.12. The normalized spacial score (nSPS) is 14.0. The highest BCUT2D eigenvalue weighted by atomic mass is 15.0. The molecule has 10 aromatic rings. The lowest BCUT2D eigenvalue weighted by Gasteiger charge is -2.48. The molecule has 0 fully saturated rings. The molecule has 0 aliphatic heterocycles. The van der Waals surface area contributed by atoms with Crippen molar-refractivity contribution >= 4 is 32.6 Å². The first-order chi connectivity index (χ1) is 28.8. The lowest BCUT2D eigenvalue weighted by atomic mass is 9.55. The van der Waals surface area contributed by atoms with Crippen LogP contribution in [0.5, 0.6) is 0 Å². The summed E-state index contributed by atoms with van der Waals surface area (Å²) >= 11 is 0. The molecule has 0 saturated carbocycles. The van der Waals surface area contributed by atoms with Gasteiger partial charge in [-0.15, -0.1) is 0 Å². The van der Waals surface area contributed by atoms with Crippen molar-refractivity contribution in [2.24, 2.45) is 0 Å². The van der Waals surface area contributed by atoms with E-state index in [1.54, 1.807) is 0 Å². The smallest absolute Gasteiger partial charge is 0.164 e. The van der Waals surface area contributed by atoms with Crippen LogP contribution in [0.25, 0.3) is 94.7 Å². The Balaban J connectivity index is 1.08. The van der Waals surface area contributed by atoms with Crippen LogP contribution in [-0.2, 0) is 10.8 Å². The second-order valence-electron chi connectivity index (χ2n) is 16.9. The van der Waals surface area contributed by atoms with Gasteiger partial charge in [0.1, 0.15) is 0 Å². The number of fused-ring (bicyclic) bond motifs is 8. The molecule has 4 heteroatoms. The van der Waals surface area contributed by atoms with Crippen molar-refractivity contribution in [2.75, 3.05) is 0 Å². The van der Waals surface area contributed by atoms with Crippen LogP contribution in [0.2, 0.25) is 0 Å². The van der Waals surface area contributed by atoms with E-state index in [0.29, 0.717) is 17.5 Å². The number of rotatable bonds is 5. The maximum Gasteiger partial charge on any atom is 0.164 e. The summed E-state index contributed by atoms with van der Waals surface area (Å²) in [5, 5.41) is 5.09. The van der Waals surface area contributed by atoms with Gasteiger partial charge in [-0.05, 0) is 104 Å². The Morgan fingerprint density at radius 3 is 1.66 bits per heavy atom. The van der Waals surface area contributed by atoms with Gasteiger partial charge in [-0.2, -0.15) is 0 Å². The fourth-order valence-corrected chi connectivity index (χ4v) is 9.35. The Morgan fingerprint density at radius 1 is 0.373 bits per heavy atom. The molecule has 0 atom stereocenters. The molecule has 4 nitrogen and oxygen atoms in total. The average molecular weight is 759 g/mol. The van der Waals surface area contributed by atoms with Gasteiger partial charge in [-0.1, -0.05) is 161 Å². The zero-order valence-electron chi connectivity index (χ0n) is 33.6. The number of nitrogens with zero attached hydrogens (tertiary/aromatic N) is 4. The molecule has 0 amide bonds. The van der Waals surface area contributed by atoms with Crippen LogP contribution in [0.3, 0.4) is 0 Å². The van der Waals surface area contributed by atoms with Gasteiger partial charge in [-0.25, -0.2) is 15.0 Å². The number of hydrogen-bond acceptors (Lipinski definition) is 3. The lowest BCUT2D eigenvalue weighted by molar-refractivity contribution is 0.299. The molecular formula is C55H42N4. The van der Waals surface area contributed by atoms with E-state index in [4.69, 9.17) is 15.0 Å². The Bertz CT molecular complexity index is 3250. The summed E-state index contributed by atoms with van der Waals surface area (Å²) in [6.07, 6.45) is 0. The second-order valence-corrected chi connectivity index (χ2v) is 16.9. The van der Waals surface area contributed by atoms with Crippen LogP contribution in [0, 0.1) is 0 Å². The summed E-state index contributed by atoms with van der Waals surface area (Å²) in [4.78, 5) is 15.2. The predicted octanol–water partition coefficient (Wildman–Crippen LogP) is 14.0. The molecule has 0 radical (unpaired) electrons. The molecule has 1 aliphatic rings. The van der Waals surface area contributed by atoms with Crippen LogP contribution in [-0.4, -0.2) is 19.5 Å². The molecule has 59 heavy (non-hydrogen) atoms. The minimum absolute atomic E-state index is 0.0821. The van der Waals surface area contributed by atoms with E-state index in [-0.39, 0.29) is 10.8 Å². The number of para-hydroxylation sites is 1. The zero-order chi connectivity index (χ0) is 39.9. The van der Waals surface area contributed by atoms with Crippen molar-refractivity contribution in [1.29, 1.82) is 0 Å². The Morgan fingerprint density at radius 2 is 0.932 bits per heavy atom. The molecule has 0 saturated heterocycles. The number of aromatic nitrogens is 4. The molecule has 2 aromatic heterocycles. The van der Waals surface area contributed by atoms with Crippen molar-refractivity contribution in [2.45, 2.75) is 38.5 Å². The summed E-state index contributed by atoms with van der Waals surface area (Å²) in [5.74, 6) is 1.92. The first-order valence-corrected chi connectivity index (χ1v) is 20.4. The third-order valence-electron chi connectivity index (χ3n) is 13.2. The summed E-state index contributed by atoms with van der Waals surface area (Å²) in [7, 11) is 0. The minimum atomic E-state index is -0.109. The summed E-state index contributed by atoms with van der Waals surface area (Å²) in [5.41, 5.74) is 13.8. The molecule has 8 aromatic carbocycles. The van der Waals surface area contributed by atoms with Gasteiger partial charge < -0.3 is 4.57 Å². The van der Waals surface area contributed by atoms with E-state index < -0.39 is 0 Å². The summed E-state index contributed by atoms with van der Waals surface area (Å²) in [6, 6.07) is 65.0. The van der Waals surface area contributed by atoms with Crippen molar-refractivity contribution in [1.82, 2.24) is 19.5 Å². The zero-order valence-corrected chi connectivity index (χ0v) is 33.6. The number of hydrogen-bond donors (Lipinski definition) is 0.